The van der Waals surface area contributed by atoms with Gasteiger partial charge in [-0.2, -0.15) is 36.4 Å². The third-order valence-electron chi connectivity index (χ3n) is 6.83. The number of aliphatic hydroxyl groups is 1. The van der Waals surface area contributed by atoms with Gasteiger partial charge in [0.05, 0.1) is 29.3 Å². The number of piperidine rings is 1. The molecule has 0 amide bonds. The van der Waals surface area contributed by atoms with Crippen LogP contribution in [-0.4, -0.2) is 65.6 Å². The second-order valence-electron chi connectivity index (χ2n) is 9.72. The zero-order valence-corrected chi connectivity index (χ0v) is 21.5. The van der Waals surface area contributed by atoms with Crippen molar-refractivity contribution in [1.82, 2.24) is 29.8 Å². The van der Waals surface area contributed by atoms with Crippen LogP contribution >= 0.6 is 0 Å². The monoisotopic (exact) mass is 596 g/mol. The van der Waals surface area contributed by atoms with E-state index in [0.717, 1.165) is 12.3 Å². The van der Waals surface area contributed by atoms with Crippen LogP contribution in [0.5, 0.6) is 0 Å². The summed E-state index contributed by atoms with van der Waals surface area (Å²) in [6.07, 6.45) is -8.15. The number of carboxylic acids is 1. The molecular formula is C26H22F6N6O4. The van der Waals surface area contributed by atoms with Crippen LogP contribution < -0.4 is 0 Å². The molecule has 1 aliphatic heterocycles. The Balaban J connectivity index is 1.35. The van der Waals surface area contributed by atoms with Crippen molar-refractivity contribution >= 4 is 5.97 Å². The fourth-order valence-electron chi connectivity index (χ4n) is 4.71. The molecule has 0 saturated carbocycles. The molecule has 42 heavy (non-hydrogen) atoms. The first-order chi connectivity index (χ1) is 19.8. The SMILES string of the molecule is O=C(O)[C@H]1CCCN(C[C@H](O)c2ccc(-c3noc(-c4cnn(-c5ccc(C(F)(F)F)cn5)c4C(F)(F)F)n3)cc2)C1. The van der Waals surface area contributed by atoms with Crippen molar-refractivity contribution in [3.63, 3.8) is 0 Å². The minimum absolute atomic E-state index is 0.0556. The van der Waals surface area contributed by atoms with Gasteiger partial charge in [-0.25, -0.2) is 9.67 Å². The molecule has 2 N–H and O–H groups in total. The molecule has 0 bridgehead atoms. The molecule has 1 aromatic carbocycles. The summed E-state index contributed by atoms with van der Waals surface area (Å²) in [4.78, 5) is 20.7. The fraction of sp³-hybridized carbons (Fsp3) is 0.346. The van der Waals surface area contributed by atoms with E-state index in [-0.39, 0.29) is 12.4 Å². The highest BCUT2D eigenvalue weighted by Gasteiger charge is 2.41. The number of aliphatic hydroxyl groups excluding tert-OH is 1. The number of hydrogen-bond acceptors (Lipinski definition) is 8. The summed E-state index contributed by atoms with van der Waals surface area (Å²) in [7, 11) is 0. The summed E-state index contributed by atoms with van der Waals surface area (Å²) in [6, 6.07) is 7.62. The molecule has 2 atom stereocenters. The highest BCUT2D eigenvalue weighted by molar-refractivity contribution is 5.70. The van der Waals surface area contributed by atoms with Crippen LogP contribution in [0.15, 0.2) is 53.3 Å². The highest BCUT2D eigenvalue weighted by atomic mass is 19.4. The molecule has 0 aliphatic carbocycles. The van der Waals surface area contributed by atoms with E-state index in [1.807, 2.05) is 4.90 Å². The highest BCUT2D eigenvalue weighted by Crippen LogP contribution is 2.38. The average Bonchev–Trinajstić information content (AvgIpc) is 3.61. The number of aliphatic carboxylic acids is 1. The summed E-state index contributed by atoms with van der Waals surface area (Å²) < 4.78 is 86.1. The number of pyridine rings is 1. The van der Waals surface area contributed by atoms with Gasteiger partial charge in [-0.05, 0) is 37.1 Å². The van der Waals surface area contributed by atoms with Crippen LogP contribution in [-0.2, 0) is 17.1 Å². The third kappa shape index (κ3) is 6.13. The Hall–Kier alpha value is -4.31. The van der Waals surface area contributed by atoms with Crippen LogP contribution in [0.2, 0.25) is 0 Å². The number of carbonyl (C=O) groups is 1. The molecule has 10 nitrogen and oxygen atoms in total. The predicted octanol–water partition coefficient (Wildman–Crippen LogP) is 4.85. The van der Waals surface area contributed by atoms with Crippen molar-refractivity contribution in [2.75, 3.05) is 19.6 Å². The fourth-order valence-corrected chi connectivity index (χ4v) is 4.71. The first-order valence-electron chi connectivity index (χ1n) is 12.6. The lowest BCUT2D eigenvalue weighted by molar-refractivity contribution is -0.144. The number of hydrogen-bond donors (Lipinski definition) is 2. The molecule has 4 heterocycles. The van der Waals surface area contributed by atoms with Gasteiger partial charge in [0.25, 0.3) is 5.89 Å². The van der Waals surface area contributed by atoms with Crippen molar-refractivity contribution in [1.29, 1.82) is 0 Å². The van der Waals surface area contributed by atoms with Gasteiger partial charge in [-0.15, -0.1) is 0 Å². The number of likely N-dealkylation sites (tertiary alicyclic amines) is 1. The second-order valence-corrected chi connectivity index (χ2v) is 9.72. The van der Waals surface area contributed by atoms with Crippen molar-refractivity contribution in [3.05, 3.63) is 65.6 Å². The van der Waals surface area contributed by atoms with Crippen LogP contribution in [0.4, 0.5) is 26.3 Å². The van der Waals surface area contributed by atoms with Gasteiger partial charge in [0.1, 0.15) is 0 Å². The van der Waals surface area contributed by atoms with E-state index in [1.165, 1.54) is 0 Å². The molecule has 0 spiro atoms. The topological polar surface area (TPSA) is 130 Å². The van der Waals surface area contributed by atoms with E-state index < -0.39 is 58.9 Å². The maximum absolute atomic E-state index is 14.0. The number of aromatic nitrogens is 5. The number of nitrogens with zero attached hydrogens (tertiary/aromatic N) is 6. The Bertz CT molecular complexity index is 1550. The van der Waals surface area contributed by atoms with E-state index in [0.29, 0.717) is 54.0 Å². The van der Waals surface area contributed by atoms with Gasteiger partial charge in [0.2, 0.25) is 5.82 Å². The Morgan fingerprint density at radius 2 is 1.79 bits per heavy atom. The van der Waals surface area contributed by atoms with E-state index >= 15 is 0 Å². The average molecular weight is 596 g/mol. The number of β-amino-alcohol motifs (C(OH)–C–C–N with tert-alkyl or cyclic N) is 1. The van der Waals surface area contributed by atoms with Gasteiger partial charge in [-0.1, -0.05) is 29.4 Å². The maximum Gasteiger partial charge on any atom is 0.434 e. The minimum Gasteiger partial charge on any atom is -0.481 e. The molecule has 0 radical (unpaired) electrons. The number of alkyl halides is 6. The normalized spacial score (nSPS) is 17.4. The van der Waals surface area contributed by atoms with Crippen molar-refractivity contribution in [2.24, 2.45) is 5.92 Å². The van der Waals surface area contributed by atoms with Gasteiger partial charge in [0, 0.05) is 24.8 Å². The standard InChI is InChI=1S/C26H22F6N6O4/c27-25(28,29)17-7-8-20(33-10-17)38-21(26(30,31)32)18(11-34-38)23-35-22(36-42-23)15-5-3-14(4-6-15)19(39)13-37-9-1-2-16(12-37)24(40)41/h3-8,10-11,16,19,39H,1-2,9,12-13H2,(H,40,41)/t16-,19-/m0/s1. The van der Waals surface area contributed by atoms with Crippen LogP contribution in [0.1, 0.15) is 35.8 Å². The number of rotatable bonds is 7. The van der Waals surface area contributed by atoms with E-state index in [1.54, 1.807) is 24.3 Å². The largest absolute Gasteiger partial charge is 0.481 e. The molecule has 3 aromatic heterocycles. The van der Waals surface area contributed by atoms with E-state index in [4.69, 9.17) is 4.52 Å². The van der Waals surface area contributed by atoms with E-state index in [9.17, 15) is 41.4 Å². The molecule has 1 aliphatic rings. The van der Waals surface area contributed by atoms with Crippen LogP contribution in [0.25, 0.3) is 28.7 Å². The first kappa shape index (κ1) is 29.2. The summed E-state index contributed by atoms with van der Waals surface area (Å²) in [5.41, 5.74) is -2.20. The summed E-state index contributed by atoms with van der Waals surface area (Å²) in [5, 5.41) is 27.3. The molecule has 5 rings (SSSR count). The van der Waals surface area contributed by atoms with Crippen LogP contribution in [0.3, 0.4) is 0 Å². The Morgan fingerprint density at radius 3 is 2.40 bits per heavy atom. The van der Waals surface area contributed by atoms with Crippen molar-refractivity contribution < 1.29 is 45.9 Å². The molecule has 1 fully saturated rings. The molecule has 4 aromatic rings. The van der Waals surface area contributed by atoms with Crippen molar-refractivity contribution in [2.45, 2.75) is 31.3 Å². The number of benzene rings is 1. The zero-order chi connectivity index (χ0) is 30.2. The molecule has 1 saturated heterocycles. The minimum atomic E-state index is -5.01. The second kappa shape index (κ2) is 11.2. The third-order valence-corrected chi connectivity index (χ3v) is 6.83. The molecule has 222 valence electrons. The van der Waals surface area contributed by atoms with Gasteiger partial charge < -0.3 is 14.7 Å². The van der Waals surface area contributed by atoms with Crippen LogP contribution in [0, 0.1) is 5.92 Å². The molecule has 16 heteroatoms. The smallest absolute Gasteiger partial charge is 0.434 e. The van der Waals surface area contributed by atoms with E-state index in [2.05, 4.69) is 20.2 Å². The predicted molar refractivity (Wildman–Crippen MR) is 132 cm³/mol. The quantitative estimate of drug-likeness (QED) is 0.288. The number of carboxylic acid groups (broad SMARTS) is 1. The molecular weight excluding hydrogens is 574 g/mol. The van der Waals surface area contributed by atoms with Gasteiger partial charge in [0.15, 0.2) is 11.5 Å². The van der Waals surface area contributed by atoms with Crippen molar-refractivity contribution in [3.8, 4) is 28.7 Å². The maximum atomic E-state index is 14.0. The summed E-state index contributed by atoms with van der Waals surface area (Å²) in [6.45, 7) is 1.23. The summed E-state index contributed by atoms with van der Waals surface area (Å²) >= 11 is 0. The lowest BCUT2D eigenvalue weighted by Crippen LogP contribution is -2.40. The van der Waals surface area contributed by atoms with Gasteiger partial charge in [-0.3, -0.25) is 9.69 Å². The Morgan fingerprint density at radius 1 is 1.05 bits per heavy atom. The summed E-state index contributed by atoms with van der Waals surface area (Å²) in [5.74, 6) is -2.45. The lowest BCUT2D eigenvalue weighted by Gasteiger charge is -2.32. The first-order valence-corrected chi connectivity index (χ1v) is 12.6. The Labute approximate surface area is 233 Å². The Kier molecular flexibility index (Phi) is 7.76. The zero-order valence-electron chi connectivity index (χ0n) is 21.5. The number of halogens is 6. The molecule has 0 unspecified atom stereocenters. The van der Waals surface area contributed by atoms with Gasteiger partial charge >= 0.3 is 18.3 Å². The lowest BCUT2D eigenvalue weighted by atomic mass is 9.97.